The molecule has 104 valence electrons. The van der Waals surface area contributed by atoms with Crippen LogP contribution < -0.4 is 0 Å². The average molecular weight is 303 g/mol. The zero-order valence-corrected chi connectivity index (χ0v) is 12.1. The molecule has 1 aromatic rings. The molecule has 0 atom stereocenters. The van der Waals surface area contributed by atoms with E-state index in [9.17, 15) is 8.42 Å². The van der Waals surface area contributed by atoms with Crippen LogP contribution in [0.3, 0.4) is 0 Å². The van der Waals surface area contributed by atoms with E-state index in [4.69, 9.17) is 22.0 Å². The van der Waals surface area contributed by atoms with Crippen molar-refractivity contribution >= 4 is 21.6 Å². The van der Waals surface area contributed by atoms with E-state index in [-0.39, 0.29) is 35.2 Å². The molecule has 0 aliphatic carbocycles. The van der Waals surface area contributed by atoms with Crippen molar-refractivity contribution in [1.82, 2.24) is 4.31 Å². The van der Waals surface area contributed by atoms with Gasteiger partial charge in [-0.05, 0) is 24.6 Å². The minimum absolute atomic E-state index is 0.00639. The van der Waals surface area contributed by atoms with Crippen LogP contribution in [-0.2, 0) is 10.0 Å². The molecule has 0 aliphatic heterocycles. The summed E-state index contributed by atoms with van der Waals surface area (Å²) in [5.74, 6) is 0. The molecule has 0 amide bonds. The first-order valence-electron chi connectivity index (χ1n) is 5.78. The van der Waals surface area contributed by atoms with E-state index in [0.717, 1.165) is 4.31 Å². The molecule has 0 fully saturated rings. The Morgan fingerprint density at radius 1 is 1.42 bits per heavy atom. The van der Waals surface area contributed by atoms with Crippen LogP contribution in [0.2, 0.25) is 5.02 Å². The smallest absolute Gasteiger partial charge is 0.244 e. The van der Waals surface area contributed by atoms with Gasteiger partial charge in [-0.25, -0.2) is 8.42 Å². The second-order valence-corrected chi connectivity index (χ2v) is 6.22. The fraction of sp³-hybridized carbons (Fsp3) is 0.417. The molecule has 0 radical (unpaired) electrons. The maximum absolute atomic E-state index is 12.4. The van der Waals surface area contributed by atoms with E-state index < -0.39 is 10.0 Å². The summed E-state index contributed by atoms with van der Waals surface area (Å²) < 4.78 is 26.1. The van der Waals surface area contributed by atoms with Crippen molar-refractivity contribution in [1.29, 1.82) is 5.26 Å². The van der Waals surface area contributed by atoms with Crippen molar-refractivity contribution in [2.45, 2.75) is 18.2 Å². The molecule has 0 aliphatic rings. The molecule has 7 heteroatoms. The zero-order chi connectivity index (χ0) is 14.5. The van der Waals surface area contributed by atoms with E-state index in [1.807, 2.05) is 13.0 Å². The summed E-state index contributed by atoms with van der Waals surface area (Å²) in [4.78, 5) is -0.121. The van der Waals surface area contributed by atoms with E-state index in [2.05, 4.69) is 0 Å². The molecule has 0 unspecified atom stereocenters. The largest absolute Gasteiger partial charge is 0.395 e. The Kier molecular flexibility index (Phi) is 5.76. The van der Waals surface area contributed by atoms with Crippen molar-refractivity contribution in [2.24, 2.45) is 0 Å². The molecule has 19 heavy (non-hydrogen) atoms. The van der Waals surface area contributed by atoms with Gasteiger partial charge in [0.25, 0.3) is 0 Å². The summed E-state index contributed by atoms with van der Waals surface area (Å²) in [5.41, 5.74) is 0.0449. The highest BCUT2D eigenvalue weighted by Crippen LogP contribution is 2.23. The first kappa shape index (κ1) is 15.9. The van der Waals surface area contributed by atoms with Gasteiger partial charge in [-0.1, -0.05) is 18.5 Å². The minimum atomic E-state index is -3.82. The summed E-state index contributed by atoms with van der Waals surface area (Å²) in [5, 5.41) is 18.2. The number of nitriles is 1. The fourth-order valence-electron chi connectivity index (χ4n) is 1.65. The zero-order valence-electron chi connectivity index (χ0n) is 10.5. The number of benzene rings is 1. The van der Waals surface area contributed by atoms with Crippen molar-refractivity contribution in [2.75, 3.05) is 19.7 Å². The van der Waals surface area contributed by atoms with Gasteiger partial charge in [-0.3, -0.25) is 0 Å². The molecule has 1 rings (SSSR count). The number of aliphatic hydroxyl groups excluding tert-OH is 1. The van der Waals surface area contributed by atoms with Crippen molar-refractivity contribution in [3.63, 3.8) is 0 Å². The Bertz CT molecular complexity index is 575. The van der Waals surface area contributed by atoms with Gasteiger partial charge in [-0.15, -0.1) is 0 Å². The quantitative estimate of drug-likeness (QED) is 0.865. The lowest BCUT2D eigenvalue weighted by atomic mass is 10.2. The highest BCUT2D eigenvalue weighted by molar-refractivity contribution is 7.89. The summed E-state index contributed by atoms with van der Waals surface area (Å²) in [6.45, 7) is 1.83. The molecule has 1 N–H and O–H groups in total. The molecule has 0 saturated carbocycles. The lowest BCUT2D eigenvalue weighted by Crippen LogP contribution is -2.34. The van der Waals surface area contributed by atoms with E-state index in [1.165, 1.54) is 18.2 Å². The summed E-state index contributed by atoms with van der Waals surface area (Å²) in [7, 11) is -3.82. The maximum Gasteiger partial charge on any atom is 0.244 e. The predicted molar refractivity (Wildman–Crippen MR) is 72.3 cm³/mol. The Labute approximate surface area is 118 Å². The fourth-order valence-corrected chi connectivity index (χ4v) is 3.58. The molecular formula is C12H15ClN2O3S. The van der Waals surface area contributed by atoms with E-state index >= 15 is 0 Å². The third-order valence-electron chi connectivity index (χ3n) is 2.50. The topological polar surface area (TPSA) is 81.4 Å². The average Bonchev–Trinajstić information content (AvgIpc) is 2.38. The van der Waals surface area contributed by atoms with Crippen LogP contribution >= 0.6 is 11.6 Å². The Balaban J connectivity index is 3.32. The van der Waals surface area contributed by atoms with Gasteiger partial charge < -0.3 is 5.11 Å². The van der Waals surface area contributed by atoms with Gasteiger partial charge in [0.1, 0.15) is 11.0 Å². The Morgan fingerprint density at radius 3 is 2.63 bits per heavy atom. The molecule has 0 aromatic heterocycles. The van der Waals surface area contributed by atoms with Crippen LogP contribution in [0.4, 0.5) is 0 Å². The molecule has 5 nitrogen and oxygen atoms in total. The van der Waals surface area contributed by atoms with Crippen molar-refractivity contribution in [3.05, 3.63) is 28.8 Å². The van der Waals surface area contributed by atoms with Gasteiger partial charge in [0.05, 0.1) is 12.2 Å². The standard InChI is InChI=1S/C12H15ClN2O3S/c1-2-5-15(6-7-16)19(17,18)12-8-11(13)4-3-10(12)9-14/h3-4,8,16H,2,5-7H2,1H3. The number of sulfonamides is 1. The molecule has 0 heterocycles. The van der Waals surface area contributed by atoms with Crippen molar-refractivity contribution < 1.29 is 13.5 Å². The predicted octanol–water partition coefficient (Wildman–Crippen LogP) is 1.60. The normalized spacial score (nSPS) is 11.5. The molecule has 0 spiro atoms. The minimum Gasteiger partial charge on any atom is -0.395 e. The van der Waals surface area contributed by atoms with Crippen LogP contribution in [0.5, 0.6) is 0 Å². The Hall–Kier alpha value is -1.13. The van der Waals surface area contributed by atoms with Crippen LogP contribution in [0.15, 0.2) is 23.1 Å². The van der Waals surface area contributed by atoms with E-state index in [0.29, 0.717) is 6.42 Å². The number of nitrogens with zero attached hydrogens (tertiary/aromatic N) is 2. The number of hydrogen-bond acceptors (Lipinski definition) is 4. The summed E-state index contributed by atoms with van der Waals surface area (Å²) in [6, 6.07) is 5.94. The third-order valence-corrected chi connectivity index (χ3v) is 4.68. The highest BCUT2D eigenvalue weighted by Gasteiger charge is 2.26. The van der Waals surface area contributed by atoms with Crippen LogP contribution in [0, 0.1) is 11.3 Å². The summed E-state index contributed by atoms with van der Waals surface area (Å²) >= 11 is 5.80. The lowest BCUT2D eigenvalue weighted by Gasteiger charge is -2.21. The number of hydrogen-bond donors (Lipinski definition) is 1. The number of halogens is 1. The first-order valence-corrected chi connectivity index (χ1v) is 7.59. The highest BCUT2D eigenvalue weighted by atomic mass is 35.5. The molecule has 1 aromatic carbocycles. The Morgan fingerprint density at radius 2 is 2.11 bits per heavy atom. The summed E-state index contributed by atoms with van der Waals surface area (Å²) in [6.07, 6.45) is 0.613. The van der Waals surface area contributed by atoms with Crippen molar-refractivity contribution in [3.8, 4) is 6.07 Å². The van der Waals surface area contributed by atoms with E-state index in [1.54, 1.807) is 0 Å². The third kappa shape index (κ3) is 3.67. The van der Waals surface area contributed by atoms with Crippen LogP contribution in [0.25, 0.3) is 0 Å². The SMILES string of the molecule is CCCN(CCO)S(=O)(=O)c1cc(Cl)ccc1C#N. The van der Waals surface area contributed by atoms with Gasteiger partial charge in [-0.2, -0.15) is 9.57 Å². The molecule has 0 saturated heterocycles. The maximum atomic E-state index is 12.4. The first-order chi connectivity index (χ1) is 8.97. The number of aliphatic hydroxyl groups is 1. The monoisotopic (exact) mass is 302 g/mol. The van der Waals surface area contributed by atoms with Crippen LogP contribution in [-0.4, -0.2) is 37.5 Å². The van der Waals surface area contributed by atoms with Gasteiger partial charge >= 0.3 is 0 Å². The second kappa shape index (κ2) is 6.87. The number of rotatable bonds is 6. The second-order valence-electron chi connectivity index (χ2n) is 3.88. The molecule has 0 bridgehead atoms. The van der Waals surface area contributed by atoms with Gasteiger partial charge in [0, 0.05) is 18.1 Å². The van der Waals surface area contributed by atoms with Gasteiger partial charge in [0.15, 0.2) is 0 Å². The molecular weight excluding hydrogens is 288 g/mol. The van der Waals surface area contributed by atoms with Gasteiger partial charge in [0.2, 0.25) is 10.0 Å². The lowest BCUT2D eigenvalue weighted by molar-refractivity contribution is 0.253. The van der Waals surface area contributed by atoms with Crippen LogP contribution in [0.1, 0.15) is 18.9 Å².